The van der Waals surface area contributed by atoms with Crippen LogP contribution in [-0.4, -0.2) is 41.0 Å². The molecule has 0 saturated carbocycles. The number of carbonyl (C=O) groups is 1. The molecule has 2 aliphatic heterocycles. The van der Waals surface area contributed by atoms with Crippen molar-refractivity contribution in [1.29, 1.82) is 0 Å². The molecule has 26 heavy (non-hydrogen) atoms. The first kappa shape index (κ1) is 20.7. The zero-order valence-electron chi connectivity index (χ0n) is 14.2. The number of amides is 1. The largest absolute Gasteiger partial charge is 0.433 e. The molecule has 0 radical (unpaired) electrons. The molecule has 2 saturated heterocycles. The van der Waals surface area contributed by atoms with Crippen LogP contribution in [0, 0.1) is 5.92 Å². The highest BCUT2D eigenvalue weighted by atomic mass is 35.5. The lowest BCUT2D eigenvalue weighted by atomic mass is 9.89. The summed E-state index contributed by atoms with van der Waals surface area (Å²) in [7, 11) is 0. The van der Waals surface area contributed by atoms with Gasteiger partial charge in [-0.15, -0.1) is 12.4 Å². The monoisotopic (exact) mass is 393 g/mol. The molecule has 0 aromatic carbocycles. The average Bonchev–Trinajstić information content (AvgIpc) is 2.90. The Balaban J connectivity index is 0.00000243. The van der Waals surface area contributed by atoms with Crippen LogP contribution in [0.4, 0.5) is 19.1 Å². The lowest BCUT2D eigenvalue weighted by Crippen LogP contribution is -2.40. The van der Waals surface area contributed by atoms with Crippen LogP contribution in [0.5, 0.6) is 0 Å². The van der Waals surface area contributed by atoms with Gasteiger partial charge in [-0.25, -0.2) is 9.97 Å². The summed E-state index contributed by atoms with van der Waals surface area (Å²) < 4.78 is 37.7. The number of fused-ring (bicyclic) bond motifs is 2. The number of hydrogen-bond acceptors (Lipinski definition) is 5. The Morgan fingerprint density at radius 1 is 1.23 bits per heavy atom. The number of hydrogen-bond donors (Lipinski definition) is 3. The number of nitrogens with zero attached hydrogens (tertiary/aromatic N) is 2. The van der Waals surface area contributed by atoms with E-state index in [1.807, 2.05) is 0 Å². The predicted molar refractivity (Wildman–Crippen MR) is 93.1 cm³/mol. The molecular formula is C16H23ClF3N5O. The molecule has 3 rings (SSSR count). The minimum Gasteiger partial charge on any atom is -0.354 e. The van der Waals surface area contributed by atoms with Gasteiger partial charge in [-0.05, 0) is 37.7 Å². The summed E-state index contributed by atoms with van der Waals surface area (Å²) in [5, 5.41) is 9.03. The normalized spacial score (nSPS) is 24.7. The maximum Gasteiger partial charge on any atom is 0.433 e. The number of nitrogens with one attached hydrogen (secondary N) is 3. The Kier molecular flexibility index (Phi) is 7.05. The van der Waals surface area contributed by atoms with Crippen LogP contribution in [0.25, 0.3) is 0 Å². The fraction of sp³-hybridized carbons (Fsp3) is 0.688. The van der Waals surface area contributed by atoms with Crippen molar-refractivity contribution in [3.63, 3.8) is 0 Å². The molecule has 0 aliphatic carbocycles. The number of halogens is 4. The summed E-state index contributed by atoms with van der Waals surface area (Å²) in [5.41, 5.74) is -0.991. The van der Waals surface area contributed by atoms with Crippen LogP contribution < -0.4 is 16.0 Å². The summed E-state index contributed by atoms with van der Waals surface area (Å²) in [6.07, 6.45) is 1.55. The van der Waals surface area contributed by atoms with Crippen LogP contribution in [-0.2, 0) is 11.0 Å². The molecule has 2 bridgehead atoms. The SMILES string of the molecule is Cl.O=C(CC1CC2CCC(C1)N2)NCCNc1nccc(C(F)(F)F)n1. The zero-order chi connectivity index (χ0) is 17.9. The molecule has 2 fully saturated rings. The van der Waals surface area contributed by atoms with Gasteiger partial charge in [0.1, 0.15) is 5.69 Å². The molecule has 146 valence electrons. The van der Waals surface area contributed by atoms with Gasteiger partial charge in [0.25, 0.3) is 0 Å². The molecule has 1 amide bonds. The molecule has 3 heterocycles. The fourth-order valence-electron chi connectivity index (χ4n) is 3.65. The molecule has 6 nitrogen and oxygen atoms in total. The van der Waals surface area contributed by atoms with E-state index in [0.717, 1.165) is 25.1 Å². The van der Waals surface area contributed by atoms with Gasteiger partial charge >= 0.3 is 6.18 Å². The number of aromatic nitrogens is 2. The number of alkyl halides is 3. The Labute approximate surface area is 156 Å². The minimum atomic E-state index is -4.50. The minimum absolute atomic E-state index is 0. The number of carbonyl (C=O) groups excluding carboxylic acids is 1. The maximum absolute atomic E-state index is 12.6. The van der Waals surface area contributed by atoms with Crippen molar-refractivity contribution >= 4 is 24.3 Å². The van der Waals surface area contributed by atoms with Gasteiger partial charge in [0.05, 0.1) is 0 Å². The number of anilines is 1. The third kappa shape index (κ3) is 5.70. The lowest BCUT2D eigenvalue weighted by Gasteiger charge is -2.28. The first-order valence-electron chi connectivity index (χ1n) is 8.57. The van der Waals surface area contributed by atoms with Gasteiger partial charge in [0, 0.05) is 37.8 Å². The highest BCUT2D eigenvalue weighted by molar-refractivity contribution is 5.85. The first-order valence-corrected chi connectivity index (χ1v) is 8.57. The van der Waals surface area contributed by atoms with Gasteiger partial charge in [-0.2, -0.15) is 13.2 Å². The van der Waals surface area contributed by atoms with E-state index in [0.29, 0.717) is 31.0 Å². The smallest absolute Gasteiger partial charge is 0.354 e. The molecule has 3 N–H and O–H groups in total. The maximum atomic E-state index is 12.6. The second-order valence-corrected chi connectivity index (χ2v) is 6.72. The Morgan fingerprint density at radius 3 is 2.58 bits per heavy atom. The van der Waals surface area contributed by atoms with Crippen LogP contribution >= 0.6 is 12.4 Å². The van der Waals surface area contributed by atoms with E-state index < -0.39 is 11.9 Å². The summed E-state index contributed by atoms with van der Waals surface area (Å²) >= 11 is 0. The summed E-state index contributed by atoms with van der Waals surface area (Å²) in [5.74, 6) is 0.301. The van der Waals surface area contributed by atoms with Crippen molar-refractivity contribution in [2.45, 2.75) is 50.4 Å². The van der Waals surface area contributed by atoms with E-state index >= 15 is 0 Å². The Morgan fingerprint density at radius 2 is 1.92 bits per heavy atom. The predicted octanol–water partition coefficient (Wildman–Crippen LogP) is 2.37. The zero-order valence-corrected chi connectivity index (χ0v) is 15.0. The second kappa shape index (κ2) is 8.85. The van der Waals surface area contributed by atoms with Crippen molar-refractivity contribution in [2.75, 3.05) is 18.4 Å². The molecule has 2 atom stereocenters. The molecule has 1 aromatic heterocycles. The third-order valence-corrected chi connectivity index (χ3v) is 4.72. The standard InChI is InChI=1S/C16H22F3N5O.ClH/c17-16(18,19)13-3-4-21-15(24-13)22-6-5-20-14(25)9-10-7-11-1-2-12(8-10)23-11;/h3-4,10-12,23H,1-2,5-9H2,(H,20,25)(H,21,22,24);1H. The van der Waals surface area contributed by atoms with E-state index in [1.54, 1.807) is 0 Å². The van der Waals surface area contributed by atoms with Gasteiger partial charge < -0.3 is 16.0 Å². The fourth-order valence-corrected chi connectivity index (χ4v) is 3.65. The summed E-state index contributed by atoms with van der Waals surface area (Å²) in [6, 6.07) is 1.92. The Hall–Kier alpha value is -1.61. The summed E-state index contributed by atoms with van der Waals surface area (Å²) in [6.45, 7) is 0.584. The van der Waals surface area contributed by atoms with Gasteiger partial charge in [-0.1, -0.05) is 0 Å². The first-order chi connectivity index (χ1) is 11.9. The van der Waals surface area contributed by atoms with Crippen molar-refractivity contribution in [2.24, 2.45) is 5.92 Å². The van der Waals surface area contributed by atoms with Crippen LogP contribution in [0.15, 0.2) is 12.3 Å². The van der Waals surface area contributed by atoms with E-state index in [4.69, 9.17) is 0 Å². The number of piperidine rings is 1. The van der Waals surface area contributed by atoms with Crippen molar-refractivity contribution in [3.05, 3.63) is 18.0 Å². The second-order valence-electron chi connectivity index (χ2n) is 6.72. The molecule has 2 aliphatic rings. The van der Waals surface area contributed by atoms with Crippen molar-refractivity contribution in [1.82, 2.24) is 20.6 Å². The molecule has 0 spiro atoms. The van der Waals surface area contributed by atoms with E-state index in [-0.39, 0.29) is 30.8 Å². The topological polar surface area (TPSA) is 78.9 Å². The molecule has 2 unspecified atom stereocenters. The summed E-state index contributed by atoms with van der Waals surface area (Å²) in [4.78, 5) is 19.2. The highest BCUT2D eigenvalue weighted by Gasteiger charge is 2.34. The van der Waals surface area contributed by atoms with Crippen molar-refractivity contribution < 1.29 is 18.0 Å². The third-order valence-electron chi connectivity index (χ3n) is 4.72. The van der Waals surface area contributed by atoms with Crippen LogP contribution in [0.3, 0.4) is 0 Å². The number of rotatable bonds is 6. The Bertz CT molecular complexity index is 604. The molecule has 10 heteroatoms. The molecule has 1 aromatic rings. The average molecular weight is 394 g/mol. The van der Waals surface area contributed by atoms with Crippen molar-refractivity contribution in [3.8, 4) is 0 Å². The highest BCUT2D eigenvalue weighted by Crippen LogP contribution is 2.32. The van der Waals surface area contributed by atoms with Gasteiger partial charge in [-0.3, -0.25) is 4.79 Å². The van der Waals surface area contributed by atoms with Crippen LogP contribution in [0.2, 0.25) is 0 Å². The quantitative estimate of drug-likeness (QED) is 0.647. The van der Waals surface area contributed by atoms with Gasteiger partial charge in [0.2, 0.25) is 11.9 Å². The molecular weight excluding hydrogens is 371 g/mol. The van der Waals surface area contributed by atoms with E-state index in [9.17, 15) is 18.0 Å². The van der Waals surface area contributed by atoms with Gasteiger partial charge in [0.15, 0.2) is 0 Å². The van der Waals surface area contributed by atoms with Crippen LogP contribution in [0.1, 0.15) is 37.8 Å². The van der Waals surface area contributed by atoms with E-state index in [2.05, 4.69) is 25.9 Å². The lowest BCUT2D eigenvalue weighted by molar-refractivity contribution is -0.141. The van der Waals surface area contributed by atoms with E-state index in [1.165, 1.54) is 12.8 Å².